The minimum atomic E-state index is -1.54. The maximum absolute atomic E-state index is 12.6. The van der Waals surface area contributed by atoms with Crippen LogP contribution in [0.3, 0.4) is 0 Å². The SMILES string of the molecule is CCCCCOC(=O)Oc1ccc(C[C@](N)(CCOC(=O)CCCCC)C(=O)OC)cc1OC(=O)OCCCCC. The van der Waals surface area contributed by atoms with Crippen LogP contribution in [-0.2, 0) is 35.0 Å². The summed E-state index contributed by atoms with van der Waals surface area (Å²) in [7, 11) is 1.22. The molecule has 0 aliphatic carbocycles. The Morgan fingerprint density at radius 3 is 1.85 bits per heavy atom. The number of hydrogen-bond acceptors (Lipinski definition) is 11. The standard InChI is InChI=1S/C30H47NO10/c1-5-8-11-14-26(32)37-20-17-30(31,27(33)36-4)22-23-15-16-24(40-28(34)38-18-12-9-6-2)25(21-23)41-29(35)39-19-13-10-7-3/h15-16,21H,5-14,17-20,22,31H2,1-4H3/t30-/m1/s1. The molecule has 0 saturated carbocycles. The smallest absolute Gasteiger partial charge is 0.468 e. The van der Waals surface area contributed by atoms with Gasteiger partial charge in [0.05, 0.1) is 26.9 Å². The highest BCUT2D eigenvalue weighted by Crippen LogP contribution is 2.31. The van der Waals surface area contributed by atoms with Gasteiger partial charge < -0.3 is 34.2 Å². The third kappa shape index (κ3) is 14.7. The van der Waals surface area contributed by atoms with Gasteiger partial charge in [0.1, 0.15) is 5.54 Å². The quantitative estimate of drug-likeness (QED) is 0.0832. The van der Waals surface area contributed by atoms with Gasteiger partial charge in [0.15, 0.2) is 11.5 Å². The summed E-state index contributed by atoms with van der Waals surface area (Å²) >= 11 is 0. The highest BCUT2D eigenvalue weighted by Gasteiger charge is 2.36. The Morgan fingerprint density at radius 1 is 0.732 bits per heavy atom. The summed E-state index contributed by atoms with van der Waals surface area (Å²) in [6.45, 7) is 6.39. The zero-order valence-corrected chi connectivity index (χ0v) is 25.0. The molecule has 0 amide bonds. The molecule has 0 aliphatic rings. The second kappa shape index (κ2) is 20.5. The molecule has 0 aliphatic heterocycles. The summed E-state index contributed by atoms with van der Waals surface area (Å²) in [5.41, 5.74) is 5.36. The van der Waals surface area contributed by atoms with E-state index in [0.717, 1.165) is 44.9 Å². The van der Waals surface area contributed by atoms with Gasteiger partial charge in [-0.2, -0.15) is 0 Å². The number of benzene rings is 1. The average molecular weight is 582 g/mol. The van der Waals surface area contributed by atoms with Crippen molar-refractivity contribution < 1.29 is 47.6 Å². The molecule has 0 radical (unpaired) electrons. The van der Waals surface area contributed by atoms with Crippen molar-refractivity contribution in [3.8, 4) is 11.5 Å². The molecule has 1 aromatic rings. The molecule has 0 bridgehead atoms. The Bertz CT molecular complexity index is 951. The van der Waals surface area contributed by atoms with E-state index in [2.05, 4.69) is 0 Å². The lowest BCUT2D eigenvalue weighted by molar-refractivity contribution is -0.151. The highest BCUT2D eigenvalue weighted by molar-refractivity contribution is 5.81. The molecule has 232 valence electrons. The molecule has 0 fully saturated rings. The third-order valence-corrected chi connectivity index (χ3v) is 6.24. The lowest BCUT2D eigenvalue weighted by atomic mass is 9.88. The summed E-state index contributed by atoms with van der Waals surface area (Å²) in [5.74, 6) is -1.24. The first-order valence-corrected chi connectivity index (χ1v) is 14.5. The second-order valence-electron chi connectivity index (χ2n) is 9.85. The summed E-state index contributed by atoms with van der Waals surface area (Å²) in [6, 6.07) is 4.41. The molecule has 11 nitrogen and oxygen atoms in total. The molecule has 41 heavy (non-hydrogen) atoms. The number of nitrogens with two attached hydrogens (primary N) is 1. The fourth-order valence-corrected chi connectivity index (χ4v) is 3.85. The van der Waals surface area contributed by atoms with Gasteiger partial charge in [-0.05, 0) is 37.0 Å². The molecule has 1 aromatic carbocycles. The number of esters is 2. The lowest BCUT2D eigenvalue weighted by Gasteiger charge is -2.26. The van der Waals surface area contributed by atoms with Crippen molar-refractivity contribution in [2.75, 3.05) is 26.9 Å². The van der Waals surface area contributed by atoms with Crippen molar-refractivity contribution in [2.45, 2.75) is 103 Å². The molecule has 1 rings (SSSR count). The average Bonchev–Trinajstić information content (AvgIpc) is 2.94. The zero-order valence-electron chi connectivity index (χ0n) is 25.0. The summed E-state index contributed by atoms with van der Waals surface area (Å²) in [4.78, 5) is 49.2. The maximum atomic E-state index is 12.6. The fraction of sp³-hybridized carbons (Fsp3) is 0.667. The van der Waals surface area contributed by atoms with E-state index in [1.807, 2.05) is 20.8 Å². The predicted octanol–water partition coefficient (Wildman–Crippen LogP) is 6.02. The van der Waals surface area contributed by atoms with Crippen LogP contribution in [0.4, 0.5) is 9.59 Å². The molecule has 0 heterocycles. The van der Waals surface area contributed by atoms with Gasteiger partial charge in [0.2, 0.25) is 0 Å². The van der Waals surface area contributed by atoms with Crippen LogP contribution >= 0.6 is 0 Å². The highest BCUT2D eigenvalue weighted by atomic mass is 16.7. The van der Waals surface area contributed by atoms with E-state index in [4.69, 9.17) is 34.2 Å². The molecular weight excluding hydrogens is 534 g/mol. The van der Waals surface area contributed by atoms with Gasteiger partial charge in [-0.1, -0.05) is 65.4 Å². The summed E-state index contributed by atoms with van der Waals surface area (Å²) in [6.07, 6.45) is 6.04. The minimum absolute atomic E-state index is 0.00279. The van der Waals surface area contributed by atoms with Crippen LogP contribution in [0.2, 0.25) is 0 Å². The summed E-state index contributed by atoms with van der Waals surface area (Å²) in [5, 5.41) is 0. The van der Waals surface area contributed by atoms with Crippen LogP contribution in [0.1, 0.15) is 97.0 Å². The second-order valence-corrected chi connectivity index (χ2v) is 9.85. The van der Waals surface area contributed by atoms with E-state index >= 15 is 0 Å². The van der Waals surface area contributed by atoms with E-state index < -0.39 is 23.8 Å². The zero-order chi connectivity index (χ0) is 30.5. The Kier molecular flexibility index (Phi) is 17.9. The number of carbonyl (C=O) groups excluding carboxylic acids is 4. The number of carbonyl (C=O) groups is 4. The number of unbranched alkanes of at least 4 members (excludes halogenated alkanes) is 6. The lowest BCUT2D eigenvalue weighted by Crippen LogP contribution is -2.51. The van der Waals surface area contributed by atoms with Gasteiger partial charge in [0.25, 0.3) is 0 Å². The van der Waals surface area contributed by atoms with Gasteiger partial charge in [-0.15, -0.1) is 0 Å². The van der Waals surface area contributed by atoms with Crippen molar-refractivity contribution in [3.05, 3.63) is 23.8 Å². The predicted molar refractivity (Wildman–Crippen MR) is 152 cm³/mol. The topological polar surface area (TPSA) is 150 Å². The Labute approximate surface area is 243 Å². The molecule has 0 spiro atoms. The van der Waals surface area contributed by atoms with Crippen LogP contribution < -0.4 is 15.2 Å². The third-order valence-electron chi connectivity index (χ3n) is 6.24. The van der Waals surface area contributed by atoms with Crippen LogP contribution in [0.25, 0.3) is 0 Å². The molecular formula is C30H47NO10. The largest absolute Gasteiger partial charge is 0.513 e. The monoisotopic (exact) mass is 581 g/mol. The van der Waals surface area contributed by atoms with Crippen molar-refractivity contribution in [1.29, 1.82) is 0 Å². The minimum Gasteiger partial charge on any atom is -0.468 e. The van der Waals surface area contributed by atoms with Crippen LogP contribution in [0, 0.1) is 0 Å². The molecule has 0 aromatic heterocycles. The van der Waals surface area contributed by atoms with Crippen molar-refractivity contribution in [3.63, 3.8) is 0 Å². The first-order valence-electron chi connectivity index (χ1n) is 14.5. The number of hydrogen-bond donors (Lipinski definition) is 1. The van der Waals surface area contributed by atoms with E-state index in [1.54, 1.807) is 6.07 Å². The molecule has 11 heteroatoms. The Morgan fingerprint density at radius 2 is 1.29 bits per heavy atom. The summed E-state index contributed by atoms with van der Waals surface area (Å²) < 4.78 is 31.0. The fourth-order valence-electron chi connectivity index (χ4n) is 3.85. The van der Waals surface area contributed by atoms with Gasteiger partial charge in [0, 0.05) is 19.3 Å². The Balaban J connectivity index is 3.04. The normalized spacial score (nSPS) is 12.1. The molecule has 2 N–H and O–H groups in total. The molecule has 1 atom stereocenters. The Hall–Kier alpha value is -3.34. The number of ether oxygens (including phenoxy) is 6. The van der Waals surface area contributed by atoms with Crippen LogP contribution in [0.5, 0.6) is 11.5 Å². The van der Waals surface area contributed by atoms with E-state index in [0.29, 0.717) is 24.8 Å². The maximum Gasteiger partial charge on any atom is 0.513 e. The van der Waals surface area contributed by atoms with Gasteiger partial charge in [-0.3, -0.25) is 9.59 Å². The number of methoxy groups -OCH3 is 1. The molecule has 0 unspecified atom stereocenters. The van der Waals surface area contributed by atoms with Crippen LogP contribution in [-0.4, -0.2) is 56.7 Å². The van der Waals surface area contributed by atoms with Crippen molar-refractivity contribution in [2.24, 2.45) is 5.73 Å². The van der Waals surface area contributed by atoms with E-state index in [9.17, 15) is 19.2 Å². The van der Waals surface area contributed by atoms with E-state index in [-0.39, 0.29) is 50.1 Å². The van der Waals surface area contributed by atoms with Gasteiger partial charge >= 0.3 is 24.2 Å². The number of rotatable bonds is 20. The van der Waals surface area contributed by atoms with E-state index in [1.165, 1.54) is 19.2 Å². The van der Waals surface area contributed by atoms with Crippen LogP contribution in [0.15, 0.2) is 18.2 Å². The molecule has 0 saturated heterocycles. The van der Waals surface area contributed by atoms with Crippen molar-refractivity contribution in [1.82, 2.24) is 0 Å². The first-order chi connectivity index (χ1) is 19.7. The van der Waals surface area contributed by atoms with Crippen molar-refractivity contribution >= 4 is 24.2 Å². The van der Waals surface area contributed by atoms with Gasteiger partial charge in [-0.25, -0.2) is 9.59 Å². The first kappa shape index (κ1) is 35.7.